The van der Waals surface area contributed by atoms with Crippen LogP contribution in [0.25, 0.3) is 51.5 Å². The molecule has 0 aliphatic heterocycles. The van der Waals surface area contributed by atoms with Crippen LogP contribution in [-0.4, -0.2) is 0 Å². The van der Waals surface area contributed by atoms with E-state index in [-0.39, 0.29) is 0 Å². The van der Waals surface area contributed by atoms with Crippen molar-refractivity contribution in [1.29, 1.82) is 0 Å². The van der Waals surface area contributed by atoms with Crippen molar-refractivity contribution in [1.82, 2.24) is 0 Å². The van der Waals surface area contributed by atoms with Crippen molar-refractivity contribution in [3.05, 3.63) is 80.8 Å². The maximum Gasteiger partial charge on any atom is 0.0541 e. The molecular weight excluding hydrogens is 481 g/mol. The van der Waals surface area contributed by atoms with Crippen molar-refractivity contribution < 1.29 is 0 Å². The third-order valence-electron chi connectivity index (χ3n) is 4.81. The van der Waals surface area contributed by atoms with Crippen molar-refractivity contribution >= 4 is 68.0 Å². The Balaban J connectivity index is 1.56. The molecule has 0 fully saturated rings. The van der Waals surface area contributed by atoms with Crippen LogP contribution in [0.2, 0.25) is 0 Å². The average Bonchev–Trinajstić information content (AvgIpc) is 3.61. The zero-order valence-corrected chi connectivity index (χ0v) is 20.4. The van der Waals surface area contributed by atoms with Gasteiger partial charge < -0.3 is 0 Å². The minimum absolute atomic E-state index is 1.23. The molecule has 0 saturated carbocycles. The Morgan fingerprint density at radius 1 is 0.600 bits per heavy atom. The quantitative estimate of drug-likeness (QED) is 0.224. The molecule has 6 heteroatoms. The van der Waals surface area contributed by atoms with E-state index in [9.17, 15) is 0 Å². The van der Waals surface area contributed by atoms with Gasteiger partial charge in [0.25, 0.3) is 0 Å². The summed E-state index contributed by atoms with van der Waals surface area (Å²) in [5.41, 5.74) is 5.13. The summed E-state index contributed by atoms with van der Waals surface area (Å²) in [5.74, 6) is 0. The van der Waals surface area contributed by atoms with E-state index in [1.54, 1.807) is 45.3 Å². The highest BCUT2D eigenvalue weighted by molar-refractivity contribution is 7.22. The lowest BCUT2D eigenvalue weighted by molar-refractivity contribution is 1.75. The van der Waals surface area contributed by atoms with Crippen LogP contribution in [0.1, 0.15) is 0 Å². The molecule has 0 amide bonds. The van der Waals surface area contributed by atoms with Gasteiger partial charge in [0.15, 0.2) is 0 Å². The first-order valence-electron chi connectivity index (χ1n) is 9.21. The maximum absolute atomic E-state index is 3.68. The van der Waals surface area contributed by atoms with E-state index in [1.807, 2.05) is 22.7 Å². The molecule has 6 aromatic rings. The van der Waals surface area contributed by atoms with Gasteiger partial charge >= 0.3 is 0 Å². The Hall–Kier alpha value is -1.80. The zero-order valence-electron chi connectivity index (χ0n) is 15.5. The molecule has 30 heavy (non-hydrogen) atoms. The number of thiophene rings is 6. The molecule has 0 saturated heterocycles. The number of hydrogen-bond donors (Lipinski definition) is 0. The Morgan fingerprint density at radius 2 is 1.30 bits per heavy atom. The van der Waals surface area contributed by atoms with E-state index in [1.165, 1.54) is 51.5 Å². The van der Waals surface area contributed by atoms with Crippen LogP contribution in [0.5, 0.6) is 0 Å². The first-order valence-corrected chi connectivity index (χ1v) is 14.4. The minimum Gasteiger partial charge on any atom is -0.143 e. The van der Waals surface area contributed by atoms with Crippen molar-refractivity contribution in [2.24, 2.45) is 0 Å². The molecule has 1 radical (unpaired) electrons. The molecule has 6 rings (SSSR count). The van der Waals surface area contributed by atoms with Crippen LogP contribution in [-0.2, 0) is 0 Å². The van der Waals surface area contributed by atoms with E-state index >= 15 is 0 Å². The monoisotopic (exact) mass is 493 g/mol. The van der Waals surface area contributed by atoms with Gasteiger partial charge in [-0.05, 0) is 62.8 Å². The van der Waals surface area contributed by atoms with Crippen molar-refractivity contribution in [3.63, 3.8) is 0 Å². The molecular formula is C24H13S6. The van der Waals surface area contributed by atoms with E-state index < -0.39 is 0 Å². The highest BCUT2D eigenvalue weighted by atomic mass is 32.1. The Labute approximate surface area is 199 Å². The van der Waals surface area contributed by atoms with Gasteiger partial charge in [-0.3, -0.25) is 0 Å². The predicted molar refractivity (Wildman–Crippen MR) is 140 cm³/mol. The minimum atomic E-state index is 1.23. The molecule has 6 aromatic heterocycles. The number of hydrogen-bond acceptors (Lipinski definition) is 6. The molecule has 145 valence electrons. The molecule has 0 aromatic carbocycles. The first kappa shape index (κ1) is 18.9. The standard InChI is InChI=1S/C24H13S6/c1-4-18(25-8-1)21-12-15(13-29-21)22-17(14-30-24(22)20-6-3-10-27-20)16-7-11-28-23(16)19-5-2-9-26-19/h1-13H. The molecule has 0 spiro atoms. The summed E-state index contributed by atoms with van der Waals surface area (Å²) in [6.45, 7) is 0. The van der Waals surface area contributed by atoms with Gasteiger partial charge in [0.1, 0.15) is 0 Å². The normalized spacial score (nSPS) is 11.3. The lowest BCUT2D eigenvalue weighted by Gasteiger charge is -2.06. The third-order valence-corrected chi connectivity index (χ3v) is 10.7. The lowest BCUT2D eigenvalue weighted by Crippen LogP contribution is -1.81. The van der Waals surface area contributed by atoms with Crippen LogP contribution in [0.3, 0.4) is 0 Å². The van der Waals surface area contributed by atoms with Crippen LogP contribution in [0, 0.1) is 5.38 Å². The maximum atomic E-state index is 3.68. The van der Waals surface area contributed by atoms with Crippen LogP contribution < -0.4 is 0 Å². The second kappa shape index (κ2) is 8.04. The first-order chi connectivity index (χ1) is 14.9. The summed E-state index contributed by atoms with van der Waals surface area (Å²) < 4.78 is 0. The van der Waals surface area contributed by atoms with Crippen LogP contribution in [0.4, 0.5) is 0 Å². The summed E-state index contributed by atoms with van der Waals surface area (Å²) in [6.07, 6.45) is 0. The van der Waals surface area contributed by atoms with Gasteiger partial charge in [-0.1, -0.05) is 18.2 Å². The fraction of sp³-hybridized carbons (Fsp3) is 0. The van der Waals surface area contributed by atoms with Crippen molar-refractivity contribution in [2.75, 3.05) is 0 Å². The third kappa shape index (κ3) is 3.28. The highest BCUT2D eigenvalue weighted by Gasteiger charge is 2.22. The highest BCUT2D eigenvalue weighted by Crippen LogP contribution is 2.50. The van der Waals surface area contributed by atoms with Crippen LogP contribution >= 0.6 is 68.0 Å². The largest absolute Gasteiger partial charge is 0.143 e. The topological polar surface area (TPSA) is 0 Å². The van der Waals surface area contributed by atoms with Crippen molar-refractivity contribution in [3.8, 4) is 51.5 Å². The van der Waals surface area contributed by atoms with Gasteiger partial charge in [0.05, 0.1) is 15.1 Å². The predicted octanol–water partition coefficient (Wildman–Crippen LogP) is 10.2. The Kier molecular flexibility index (Phi) is 5.07. The smallest absolute Gasteiger partial charge is 0.0541 e. The summed E-state index contributed by atoms with van der Waals surface area (Å²) in [7, 11) is 0. The molecule has 0 unspecified atom stereocenters. The van der Waals surface area contributed by atoms with E-state index in [0.29, 0.717) is 0 Å². The van der Waals surface area contributed by atoms with E-state index in [4.69, 9.17) is 0 Å². The van der Waals surface area contributed by atoms with Gasteiger partial charge in [-0.25, -0.2) is 0 Å². The van der Waals surface area contributed by atoms with Gasteiger partial charge in [0, 0.05) is 36.2 Å². The molecule has 0 atom stereocenters. The van der Waals surface area contributed by atoms with Gasteiger partial charge in [0.2, 0.25) is 0 Å². The molecule has 0 aliphatic rings. The summed E-state index contributed by atoms with van der Waals surface area (Å²) in [4.78, 5) is 7.96. The SMILES string of the molecule is [c]1sc(-c2cccs2)c(-c2csc(-c3cccs3)c2)c1-c1ccsc1-c1cccs1. The Bertz CT molecular complexity index is 1370. The number of rotatable bonds is 5. The molecule has 0 aliphatic carbocycles. The average molecular weight is 494 g/mol. The summed E-state index contributed by atoms with van der Waals surface area (Å²) in [6, 6.07) is 17.6. The van der Waals surface area contributed by atoms with Crippen LogP contribution in [0.15, 0.2) is 75.4 Å². The molecule has 6 heterocycles. The lowest BCUT2D eigenvalue weighted by atomic mass is 9.98. The molecule has 0 nitrogen and oxygen atoms in total. The summed E-state index contributed by atoms with van der Waals surface area (Å²) >= 11 is 10.8. The zero-order chi connectivity index (χ0) is 19.9. The summed E-state index contributed by atoms with van der Waals surface area (Å²) in [5, 5.41) is 14.6. The van der Waals surface area contributed by atoms with Crippen molar-refractivity contribution in [2.45, 2.75) is 0 Å². The second-order valence-electron chi connectivity index (χ2n) is 6.58. The van der Waals surface area contributed by atoms with Gasteiger partial charge in [-0.15, -0.1) is 68.0 Å². The van der Waals surface area contributed by atoms with Gasteiger partial charge in [-0.2, -0.15) is 0 Å². The Morgan fingerprint density at radius 3 is 2.00 bits per heavy atom. The fourth-order valence-electron chi connectivity index (χ4n) is 3.48. The molecule has 0 bridgehead atoms. The van der Waals surface area contributed by atoms with E-state index in [0.717, 1.165) is 0 Å². The van der Waals surface area contributed by atoms with E-state index in [2.05, 4.69) is 80.8 Å². The second-order valence-corrected chi connectivity index (χ2v) is 12.1. The fourth-order valence-corrected chi connectivity index (χ4v) is 8.86. The molecule has 0 N–H and O–H groups in total.